The molecule has 1 saturated carbocycles. The second-order valence-corrected chi connectivity index (χ2v) is 7.19. The van der Waals surface area contributed by atoms with Crippen LogP contribution in [0.3, 0.4) is 0 Å². The van der Waals surface area contributed by atoms with Crippen LogP contribution in [-0.4, -0.2) is 23.5 Å². The second-order valence-electron chi connectivity index (χ2n) is 5.79. The maximum absolute atomic E-state index is 13.1. The number of nitrogens with one attached hydrogen (secondary N) is 1. The minimum absolute atomic E-state index is 0.0328. The van der Waals surface area contributed by atoms with Crippen molar-refractivity contribution in [1.82, 2.24) is 10.4 Å². The number of hydrogen-bond donors (Lipinski definition) is 1. The Bertz CT molecular complexity index is 750. The molecule has 4 nitrogen and oxygen atoms in total. The van der Waals surface area contributed by atoms with Gasteiger partial charge in [0.2, 0.25) is 0 Å². The van der Waals surface area contributed by atoms with Crippen LogP contribution in [0, 0.1) is 0 Å². The number of amides is 1. The van der Waals surface area contributed by atoms with Crippen LogP contribution in [0.15, 0.2) is 58.4 Å². The molecule has 1 aromatic carbocycles. The highest BCUT2D eigenvalue weighted by Crippen LogP contribution is 2.35. The molecule has 0 atom stereocenters. The molecule has 2 heterocycles. The Hall–Kier alpha value is -1.56. The van der Waals surface area contributed by atoms with Crippen LogP contribution in [-0.2, 0) is 4.79 Å². The van der Waals surface area contributed by atoms with Gasteiger partial charge in [-0.3, -0.25) is 9.80 Å². The summed E-state index contributed by atoms with van der Waals surface area (Å²) in [5.41, 5.74) is 5.79. The monoisotopic (exact) mass is 391 g/mol. The average Bonchev–Trinajstić information content (AvgIpc) is 3.33. The van der Waals surface area contributed by atoms with Gasteiger partial charge in [0.25, 0.3) is 5.91 Å². The standard InChI is InChI=1S/C17H15BrClN3O/c18-15-10-20-21-8-7-11(9-16(15)21)17(23)22(14-5-6-14)13-3-1-12(19)2-4-13/h1-4,7-9,14,20H,5-6,10H2. The number of anilines is 1. The smallest absolute Gasteiger partial charge is 0.258 e. The fourth-order valence-corrected chi connectivity index (χ4v) is 3.35. The summed E-state index contributed by atoms with van der Waals surface area (Å²) in [7, 11) is 0. The van der Waals surface area contributed by atoms with E-state index in [4.69, 9.17) is 11.6 Å². The van der Waals surface area contributed by atoms with Crippen molar-refractivity contribution in [1.29, 1.82) is 0 Å². The quantitative estimate of drug-likeness (QED) is 0.851. The lowest BCUT2D eigenvalue weighted by atomic mass is 10.1. The molecule has 118 valence electrons. The molecule has 0 saturated heterocycles. The van der Waals surface area contributed by atoms with Crippen molar-refractivity contribution < 1.29 is 4.79 Å². The summed E-state index contributed by atoms with van der Waals surface area (Å²) in [6.07, 6.45) is 7.77. The molecule has 23 heavy (non-hydrogen) atoms. The Morgan fingerprint density at radius 3 is 2.74 bits per heavy atom. The van der Waals surface area contributed by atoms with Crippen molar-refractivity contribution in [2.45, 2.75) is 18.9 Å². The SMILES string of the molecule is O=C(C1=CC2=C(Br)CNN2C=C1)N(c1ccc(Cl)cc1)C1CC1. The van der Waals surface area contributed by atoms with E-state index in [1.165, 1.54) is 0 Å². The summed E-state index contributed by atoms with van der Waals surface area (Å²) < 4.78 is 1.05. The van der Waals surface area contributed by atoms with E-state index in [0.717, 1.165) is 35.3 Å². The summed E-state index contributed by atoms with van der Waals surface area (Å²) in [4.78, 5) is 14.9. The zero-order valence-corrected chi connectivity index (χ0v) is 14.6. The van der Waals surface area contributed by atoms with Gasteiger partial charge in [0.15, 0.2) is 0 Å². The van der Waals surface area contributed by atoms with Gasteiger partial charge in [0.05, 0.1) is 5.70 Å². The summed E-state index contributed by atoms with van der Waals surface area (Å²) in [5.74, 6) is 0.0328. The zero-order valence-electron chi connectivity index (χ0n) is 12.3. The second kappa shape index (κ2) is 5.82. The molecule has 2 aliphatic heterocycles. The van der Waals surface area contributed by atoms with E-state index in [0.29, 0.717) is 10.6 Å². The summed E-state index contributed by atoms with van der Waals surface area (Å²) in [6, 6.07) is 7.75. The number of carbonyl (C=O) groups is 1. The molecule has 0 aromatic heterocycles. The number of nitrogens with zero attached hydrogens (tertiary/aromatic N) is 2. The summed E-state index contributed by atoms with van der Waals surface area (Å²) in [6.45, 7) is 0.737. The molecule has 0 unspecified atom stereocenters. The molecular weight excluding hydrogens is 378 g/mol. The van der Waals surface area contributed by atoms with E-state index in [9.17, 15) is 4.79 Å². The molecule has 0 spiro atoms. The van der Waals surface area contributed by atoms with Crippen molar-refractivity contribution in [2.75, 3.05) is 11.4 Å². The predicted octanol–water partition coefficient (Wildman–Crippen LogP) is 3.72. The van der Waals surface area contributed by atoms with E-state index < -0.39 is 0 Å². The molecule has 4 rings (SSSR count). The van der Waals surface area contributed by atoms with E-state index in [1.807, 2.05) is 52.5 Å². The zero-order chi connectivity index (χ0) is 16.0. The maximum atomic E-state index is 13.1. The highest BCUT2D eigenvalue weighted by atomic mass is 79.9. The van der Waals surface area contributed by atoms with Gasteiger partial charge in [-0.25, -0.2) is 5.43 Å². The van der Waals surface area contributed by atoms with Crippen molar-refractivity contribution in [2.24, 2.45) is 0 Å². The Kier molecular flexibility index (Phi) is 3.79. The Labute approximate surface area is 148 Å². The number of carbonyl (C=O) groups excluding carboxylic acids is 1. The first-order chi connectivity index (χ1) is 11.1. The van der Waals surface area contributed by atoms with Gasteiger partial charge in [-0.05, 0) is 49.3 Å². The van der Waals surface area contributed by atoms with Gasteiger partial charge in [-0.15, -0.1) is 0 Å². The summed E-state index contributed by atoms with van der Waals surface area (Å²) >= 11 is 9.51. The van der Waals surface area contributed by atoms with Gasteiger partial charge < -0.3 is 4.90 Å². The van der Waals surface area contributed by atoms with E-state index in [-0.39, 0.29) is 11.9 Å². The number of hydrogen-bond acceptors (Lipinski definition) is 3. The number of fused-ring (bicyclic) bond motifs is 1. The molecule has 0 bridgehead atoms. The van der Waals surface area contributed by atoms with Crippen LogP contribution in [0.2, 0.25) is 5.02 Å². The fourth-order valence-electron chi connectivity index (χ4n) is 2.79. The van der Waals surface area contributed by atoms with Crippen LogP contribution in [0.5, 0.6) is 0 Å². The number of hydrazine groups is 1. The maximum Gasteiger partial charge on any atom is 0.258 e. The summed E-state index contributed by atoms with van der Waals surface area (Å²) in [5, 5.41) is 2.60. The normalized spacial score (nSPS) is 19.7. The number of rotatable bonds is 3. The number of halogens is 2. The molecule has 1 aliphatic carbocycles. The molecule has 1 aromatic rings. The molecule has 1 N–H and O–H groups in total. The third kappa shape index (κ3) is 2.84. The topological polar surface area (TPSA) is 35.6 Å². The van der Waals surface area contributed by atoms with Crippen LogP contribution < -0.4 is 10.3 Å². The van der Waals surface area contributed by atoms with E-state index in [2.05, 4.69) is 21.4 Å². The van der Waals surface area contributed by atoms with Crippen molar-refractivity contribution in [3.63, 3.8) is 0 Å². The highest BCUT2D eigenvalue weighted by Gasteiger charge is 2.35. The fraction of sp³-hybridized carbons (Fsp3) is 0.235. The van der Waals surface area contributed by atoms with Gasteiger partial charge in [-0.2, -0.15) is 0 Å². The molecule has 1 fully saturated rings. The lowest BCUT2D eigenvalue weighted by Gasteiger charge is -2.26. The highest BCUT2D eigenvalue weighted by molar-refractivity contribution is 9.11. The van der Waals surface area contributed by atoms with Gasteiger partial charge >= 0.3 is 0 Å². The van der Waals surface area contributed by atoms with Crippen LogP contribution in [0.1, 0.15) is 12.8 Å². The van der Waals surface area contributed by atoms with Crippen molar-refractivity contribution in [3.05, 3.63) is 63.4 Å². The van der Waals surface area contributed by atoms with E-state index >= 15 is 0 Å². The van der Waals surface area contributed by atoms with E-state index in [1.54, 1.807) is 0 Å². The van der Waals surface area contributed by atoms with Gasteiger partial charge in [-0.1, -0.05) is 27.5 Å². The lowest BCUT2D eigenvalue weighted by molar-refractivity contribution is -0.115. The Morgan fingerprint density at radius 2 is 2.04 bits per heavy atom. The first kappa shape index (κ1) is 15.0. The first-order valence-electron chi connectivity index (χ1n) is 7.54. The van der Waals surface area contributed by atoms with Crippen molar-refractivity contribution >= 4 is 39.1 Å². The molecule has 3 aliphatic rings. The van der Waals surface area contributed by atoms with Crippen molar-refractivity contribution in [3.8, 4) is 0 Å². The minimum atomic E-state index is 0.0328. The molecule has 6 heteroatoms. The Morgan fingerprint density at radius 1 is 1.30 bits per heavy atom. The van der Waals surface area contributed by atoms with Gasteiger partial charge in [0, 0.05) is 39.6 Å². The van der Waals surface area contributed by atoms with Crippen LogP contribution in [0.4, 0.5) is 5.69 Å². The molecule has 0 radical (unpaired) electrons. The largest absolute Gasteiger partial charge is 0.305 e. The average molecular weight is 393 g/mol. The molecular formula is C17H15BrClN3O. The minimum Gasteiger partial charge on any atom is -0.305 e. The number of allylic oxidation sites excluding steroid dienone is 1. The first-order valence-corrected chi connectivity index (χ1v) is 8.71. The molecule has 1 amide bonds. The Balaban J connectivity index is 1.66. The third-order valence-electron chi connectivity index (χ3n) is 4.12. The van der Waals surface area contributed by atoms with Crippen LogP contribution in [0.25, 0.3) is 0 Å². The predicted molar refractivity (Wildman–Crippen MR) is 95.0 cm³/mol. The van der Waals surface area contributed by atoms with Gasteiger partial charge in [0.1, 0.15) is 0 Å². The lowest BCUT2D eigenvalue weighted by Crippen LogP contribution is -2.35. The van der Waals surface area contributed by atoms with Crippen LogP contribution >= 0.6 is 27.5 Å². The number of benzene rings is 1. The third-order valence-corrected chi connectivity index (χ3v) is 5.06.